The van der Waals surface area contributed by atoms with Gasteiger partial charge in [0.15, 0.2) is 0 Å². The van der Waals surface area contributed by atoms with Gasteiger partial charge in [-0.1, -0.05) is 188 Å². The highest BCUT2D eigenvalue weighted by atomic mass is 15.1. The van der Waals surface area contributed by atoms with Gasteiger partial charge in [-0.3, -0.25) is 0 Å². The molecular formula is C58H40N2. The minimum Gasteiger partial charge on any atom is -0.310 e. The van der Waals surface area contributed by atoms with E-state index in [2.05, 4.69) is 252 Å². The molecule has 0 atom stereocenters. The molecule has 0 saturated carbocycles. The first-order chi connectivity index (χ1) is 29.8. The van der Waals surface area contributed by atoms with Crippen molar-refractivity contribution >= 4 is 49.6 Å². The van der Waals surface area contributed by atoms with Gasteiger partial charge in [0, 0.05) is 33.4 Å². The molecule has 1 aromatic heterocycles. The van der Waals surface area contributed by atoms with Crippen LogP contribution in [-0.4, -0.2) is 4.57 Å². The van der Waals surface area contributed by atoms with Gasteiger partial charge in [-0.05, 0) is 104 Å². The summed E-state index contributed by atoms with van der Waals surface area (Å²) in [6, 6.07) is 87.9. The number of para-hydroxylation sites is 2. The van der Waals surface area contributed by atoms with Crippen molar-refractivity contribution in [2.45, 2.75) is 0 Å². The molecule has 0 bridgehead atoms. The predicted octanol–water partition coefficient (Wildman–Crippen LogP) is 16.1. The van der Waals surface area contributed by atoms with Gasteiger partial charge >= 0.3 is 0 Å². The largest absolute Gasteiger partial charge is 0.310 e. The van der Waals surface area contributed by atoms with Crippen molar-refractivity contribution in [3.8, 4) is 50.2 Å². The second-order valence-corrected chi connectivity index (χ2v) is 15.3. The maximum absolute atomic E-state index is 2.44. The topological polar surface area (TPSA) is 8.17 Å². The maximum atomic E-state index is 2.44. The Kier molecular flexibility index (Phi) is 8.87. The van der Waals surface area contributed by atoms with Crippen LogP contribution in [0.15, 0.2) is 243 Å². The third-order valence-corrected chi connectivity index (χ3v) is 11.8. The normalized spacial score (nSPS) is 11.3. The smallest absolute Gasteiger partial charge is 0.0546 e. The van der Waals surface area contributed by atoms with Gasteiger partial charge in [-0.15, -0.1) is 0 Å². The van der Waals surface area contributed by atoms with E-state index in [1.165, 1.54) is 77.1 Å². The highest BCUT2D eigenvalue weighted by molar-refractivity contribution is 6.09. The molecule has 11 rings (SSSR count). The van der Waals surface area contributed by atoms with E-state index in [1.807, 2.05) is 0 Å². The van der Waals surface area contributed by atoms with E-state index in [9.17, 15) is 0 Å². The first-order valence-corrected chi connectivity index (χ1v) is 20.6. The number of benzene rings is 10. The van der Waals surface area contributed by atoms with Crippen molar-refractivity contribution in [1.82, 2.24) is 4.57 Å². The second-order valence-electron chi connectivity index (χ2n) is 15.3. The molecule has 0 aliphatic rings. The molecule has 1 heterocycles. The van der Waals surface area contributed by atoms with Crippen molar-refractivity contribution in [3.05, 3.63) is 243 Å². The fraction of sp³-hybridized carbons (Fsp3) is 0. The van der Waals surface area contributed by atoms with Crippen LogP contribution in [0.1, 0.15) is 0 Å². The first-order valence-electron chi connectivity index (χ1n) is 20.6. The van der Waals surface area contributed by atoms with Crippen LogP contribution >= 0.6 is 0 Å². The van der Waals surface area contributed by atoms with Crippen molar-refractivity contribution in [1.29, 1.82) is 0 Å². The van der Waals surface area contributed by atoms with Crippen LogP contribution in [0.5, 0.6) is 0 Å². The van der Waals surface area contributed by atoms with Gasteiger partial charge in [-0.25, -0.2) is 0 Å². The van der Waals surface area contributed by atoms with Crippen LogP contribution in [-0.2, 0) is 0 Å². The van der Waals surface area contributed by atoms with E-state index in [-0.39, 0.29) is 0 Å². The highest BCUT2D eigenvalue weighted by Gasteiger charge is 2.23. The lowest BCUT2D eigenvalue weighted by molar-refractivity contribution is 1.17. The lowest BCUT2D eigenvalue weighted by Crippen LogP contribution is -2.12. The van der Waals surface area contributed by atoms with Crippen LogP contribution < -0.4 is 4.90 Å². The van der Waals surface area contributed by atoms with Gasteiger partial charge in [0.25, 0.3) is 0 Å². The number of fused-ring (bicyclic) bond motifs is 4. The van der Waals surface area contributed by atoms with Crippen molar-refractivity contribution in [2.24, 2.45) is 0 Å². The number of hydrogen-bond donors (Lipinski definition) is 0. The quantitative estimate of drug-likeness (QED) is 0.150. The minimum atomic E-state index is 1.07. The summed E-state index contributed by atoms with van der Waals surface area (Å²) in [5, 5.41) is 5.00. The summed E-state index contributed by atoms with van der Waals surface area (Å²) in [4.78, 5) is 2.44. The molecule has 282 valence electrons. The van der Waals surface area contributed by atoms with Gasteiger partial charge in [0.05, 0.1) is 16.7 Å². The van der Waals surface area contributed by atoms with Crippen molar-refractivity contribution in [2.75, 3.05) is 4.90 Å². The Hall–Kier alpha value is -7.94. The standard InChI is InChI=1S/C58H40N2/c1-3-17-41(18-4-1)50-24-9-10-27-54(50)58-51(43-19-5-2-6-20-43)29-16-32-57(58)59(45-35-33-44(34-36-45)49-28-15-22-42-21-7-8-23-48(42)49)46-37-39-47(40-38-46)60-55-30-13-11-25-52(55)53-26-12-14-31-56(53)60/h1-40H. The van der Waals surface area contributed by atoms with Crippen LogP contribution in [0.3, 0.4) is 0 Å². The fourth-order valence-electron chi connectivity index (χ4n) is 9.08. The van der Waals surface area contributed by atoms with Crippen LogP contribution in [0.4, 0.5) is 17.1 Å². The first kappa shape index (κ1) is 35.2. The third-order valence-electron chi connectivity index (χ3n) is 11.8. The van der Waals surface area contributed by atoms with Crippen LogP contribution in [0, 0.1) is 0 Å². The molecule has 0 amide bonds. The molecule has 0 radical (unpaired) electrons. The number of aromatic nitrogens is 1. The molecule has 10 aromatic carbocycles. The highest BCUT2D eigenvalue weighted by Crippen LogP contribution is 2.48. The second kappa shape index (κ2) is 15.1. The van der Waals surface area contributed by atoms with Crippen molar-refractivity contribution < 1.29 is 0 Å². The van der Waals surface area contributed by atoms with Gasteiger partial charge < -0.3 is 9.47 Å². The van der Waals surface area contributed by atoms with E-state index >= 15 is 0 Å². The van der Waals surface area contributed by atoms with Gasteiger partial charge in [-0.2, -0.15) is 0 Å². The average Bonchev–Trinajstić information content (AvgIpc) is 3.67. The van der Waals surface area contributed by atoms with Gasteiger partial charge in [0.2, 0.25) is 0 Å². The summed E-state index contributed by atoms with van der Waals surface area (Å²) in [5.74, 6) is 0. The molecule has 0 saturated heterocycles. The fourth-order valence-corrected chi connectivity index (χ4v) is 9.08. The lowest BCUT2D eigenvalue weighted by Gasteiger charge is -2.30. The molecular weight excluding hydrogens is 725 g/mol. The van der Waals surface area contributed by atoms with E-state index in [0.29, 0.717) is 0 Å². The van der Waals surface area contributed by atoms with Gasteiger partial charge in [0.1, 0.15) is 0 Å². The summed E-state index contributed by atoms with van der Waals surface area (Å²) >= 11 is 0. The Balaban J connectivity index is 1.14. The molecule has 2 heteroatoms. The summed E-state index contributed by atoms with van der Waals surface area (Å²) in [6.07, 6.45) is 0. The Labute approximate surface area is 350 Å². The molecule has 0 N–H and O–H groups in total. The number of rotatable bonds is 8. The van der Waals surface area contributed by atoms with E-state index in [1.54, 1.807) is 0 Å². The minimum absolute atomic E-state index is 1.07. The number of hydrogen-bond acceptors (Lipinski definition) is 1. The summed E-state index contributed by atoms with van der Waals surface area (Å²) in [7, 11) is 0. The molecule has 2 nitrogen and oxygen atoms in total. The molecule has 11 aromatic rings. The lowest BCUT2D eigenvalue weighted by atomic mass is 9.87. The molecule has 0 aliphatic heterocycles. The van der Waals surface area contributed by atoms with Crippen LogP contribution in [0.2, 0.25) is 0 Å². The molecule has 0 spiro atoms. The molecule has 60 heavy (non-hydrogen) atoms. The summed E-state index contributed by atoms with van der Waals surface area (Å²) in [5.41, 5.74) is 16.2. The molecule has 0 aliphatic carbocycles. The Morgan fingerprint density at radius 1 is 0.283 bits per heavy atom. The van der Waals surface area contributed by atoms with Crippen molar-refractivity contribution in [3.63, 3.8) is 0 Å². The Morgan fingerprint density at radius 2 is 0.733 bits per heavy atom. The zero-order valence-electron chi connectivity index (χ0n) is 33.0. The maximum Gasteiger partial charge on any atom is 0.0546 e. The zero-order chi connectivity index (χ0) is 39.8. The Bertz CT molecular complexity index is 3230. The predicted molar refractivity (Wildman–Crippen MR) is 255 cm³/mol. The van der Waals surface area contributed by atoms with Crippen LogP contribution in [0.25, 0.3) is 82.8 Å². The van der Waals surface area contributed by atoms with E-state index in [4.69, 9.17) is 0 Å². The average molecular weight is 765 g/mol. The summed E-state index contributed by atoms with van der Waals surface area (Å²) in [6.45, 7) is 0. The SMILES string of the molecule is c1ccc(-c2ccccc2-c2c(-c3ccccc3)cccc2N(c2ccc(-c3cccc4ccccc34)cc2)c2ccc(-n3c4ccccc4c4ccccc43)cc2)cc1. The summed E-state index contributed by atoms with van der Waals surface area (Å²) < 4.78 is 2.38. The third kappa shape index (κ3) is 6.14. The van der Waals surface area contributed by atoms with E-state index < -0.39 is 0 Å². The van der Waals surface area contributed by atoms with E-state index in [0.717, 1.165) is 22.7 Å². The molecule has 0 fully saturated rings. The number of anilines is 3. The number of nitrogens with zero attached hydrogens (tertiary/aromatic N) is 2. The Morgan fingerprint density at radius 3 is 1.40 bits per heavy atom. The molecule has 0 unspecified atom stereocenters. The monoisotopic (exact) mass is 764 g/mol. The zero-order valence-corrected chi connectivity index (χ0v) is 33.0.